The van der Waals surface area contributed by atoms with E-state index >= 15 is 0 Å². The minimum atomic E-state index is -0.0900. The van der Waals surface area contributed by atoms with E-state index in [1.54, 1.807) is 0 Å². The molecule has 4 nitrogen and oxygen atoms in total. The molecule has 0 saturated carbocycles. The number of unbranched alkanes of at least 4 members (excludes halogenated alkanes) is 12. The second-order valence-electron chi connectivity index (χ2n) is 9.42. The maximum Gasteiger partial charge on any atom is 0.157 e. The van der Waals surface area contributed by atoms with E-state index in [2.05, 4.69) is 13.8 Å². The van der Waals surface area contributed by atoms with Crippen molar-refractivity contribution in [3.8, 4) is 0 Å². The lowest BCUT2D eigenvalue weighted by atomic mass is 9.90. The Labute approximate surface area is 180 Å². The van der Waals surface area contributed by atoms with Crippen molar-refractivity contribution in [1.82, 2.24) is 0 Å². The van der Waals surface area contributed by atoms with Crippen LogP contribution in [0.15, 0.2) is 0 Å². The second kappa shape index (κ2) is 15.6. The first-order valence-electron chi connectivity index (χ1n) is 12.7. The second-order valence-corrected chi connectivity index (χ2v) is 9.42. The fourth-order valence-corrected chi connectivity index (χ4v) is 4.29. The molecule has 0 aromatic heterocycles. The Kier molecular flexibility index (Phi) is 13.5. The van der Waals surface area contributed by atoms with E-state index < -0.39 is 0 Å². The van der Waals surface area contributed by atoms with Crippen LogP contribution in [0.1, 0.15) is 117 Å². The normalized spacial score (nSPS) is 27.5. The van der Waals surface area contributed by atoms with Gasteiger partial charge in [-0.3, -0.25) is 0 Å². The summed E-state index contributed by atoms with van der Waals surface area (Å²) in [6.45, 7) is 7.36. The smallest absolute Gasteiger partial charge is 0.157 e. The molecule has 29 heavy (non-hydrogen) atoms. The average Bonchev–Trinajstić information content (AvgIpc) is 2.75. The van der Waals surface area contributed by atoms with Gasteiger partial charge in [-0.1, -0.05) is 90.9 Å². The Balaban J connectivity index is 1.46. The summed E-state index contributed by atoms with van der Waals surface area (Å²) in [5, 5.41) is 0. The summed E-state index contributed by atoms with van der Waals surface area (Å²) in [6.07, 6.45) is 20.6. The van der Waals surface area contributed by atoms with Crippen molar-refractivity contribution in [2.75, 3.05) is 26.4 Å². The highest BCUT2D eigenvalue weighted by Crippen LogP contribution is 2.32. The van der Waals surface area contributed by atoms with Gasteiger partial charge in [-0.05, 0) is 25.7 Å². The van der Waals surface area contributed by atoms with Gasteiger partial charge in [0, 0.05) is 0 Å². The standard InChI is InChI=1S/C25H48O4/c1-3-5-7-9-11-13-15-17-23-26-19-25(20-27-23)21-28-24(29-22-25)18-16-14-12-10-8-6-4-2/h23-24H,3-22H2,1-2H3. The number of rotatable bonds is 16. The van der Waals surface area contributed by atoms with Gasteiger partial charge in [-0.2, -0.15) is 0 Å². The molecule has 172 valence electrons. The molecule has 2 rings (SSSR count). The molecule has 0 amide bonds. The van der Waals surface area contributed by atoms with Crippen LogP contribution in [0.3, 0.4) is 0 Å². The zero-order chi connectivity index (χ0) is 20.6. The van der Waals surface area contributed by atoms with Crippen molar-refractivity contribution in [2.24, 2.45) is 5.41 Å². The molecular formula is C25H48O4. The van der Waals surface area contributed by atoms with Gasteiger partial charge >= 0.3 is 0 Å². The van der Waals surface area contributed by atoms with E-state index in [1.807, 2.05) is 0 Å². The molecule has 0 radical (unpaired) electrons. The molecular weight excluding hydrogens is 364 g/mol. The predicted octanol–water partition coefficient (Wildman–Crippen LogP) is 7.00. The third-order valence-corrected chi connectivity index (χ3v) is 6.39. The maximum atomic E-state index is 6.01. The van der Waals surface area contributed by atoms with Gasteiger partial charge in [0.05, 0.1) is 31.8 Å². The van der Waals surface area contributed by atoms with Crippen LogP contribution in [0.25, 0.3) is 0 Å². The zero-order valence-corrected chi connectivity index (χ0v) is 19.4. The summed E-state index contributed by atoms with van der Waals surface area (Å²) in [5.74, 6) is 0. The van der Waals surface area contributed by atoms with Crippen molar-refractivity contribution in [3.05, 3.63) is 0 Å². The molecule has 2 fully saturated rings. The molecule has 2 saturated heterocycles. The summed E-state index contributed by atoms with van der Waals surface area (Å²) >= 11 is 0. The summed E-state index contributed by atoms with van der Waals surface area (Å²) in [6, 6.07) is 0. The van der Waals surface area contributed by atoms with E-state index in [0.29, 0.717) is 26.4 Å². The van der Waals surface area contributed by atoms with E-state index in [9.17, 15) is 0 Å². The Bertz CT molecular complexity index is 332. The first-order valence-corrected chi connectivity index (χ1v) is 12.7. The molecule has 0 N–H and O–H groups in total. The minimum absolute atomic E-state index is 0.0262. The van der Waals surface area contributed by atoms with Crippen LogP contribution in [-0.2, 0) is 18.9 Å². The van der Waals surface area contributed by atoms with E-state index in [4.69, 9.17) is 18.9 Å². The van der Waals surface area contributed by atoms with Gasteiger partial charge < -0.3 is 18.9 Å². The lowest BCUT2D eigenvalue weighted by molar-refractivity contribution is -0.304. The van der Waals surface area contributed by atoms with E-state index in [0.717, 1.165) is 12.8 Å². The number of hydrogen-bond acceptors (Lipinski definition) is 4. The van der Waals surface area contributed by atoms with Crippen molar-refractivity contribution >= 4 is 0 Å². The molecule has 0 aromatic rings. The summed E-state index contributed by atoms with van der Waals surface area (Å²) in [4.78, 5) is 0. The molecule has 0 atom stereocenters. The summed E-state index contributed by atoms with van der Waals surface area (Å²) in [7, 11) is 0. The first-order chi connectivity index (χ1) is 14.3. The molecule has 0 aliphatic carbocycles. The van der Waals surface area contributed by atoms with Gasteiger partial charge in [0.1, 0.15) is 0 Å². The van der Waals surface area contributed by atoms with Crippen molar-refractivity contribution in [2.45, 2.75) is 129 Å². The topological polar surface area (TPSA) is 36.9 Å². The van der Waals surface area contributed by atoms with E-state index in [-0.39, 0.29) is 18.0 Å². The average molecular weight is 413 g/mol. The Hall–Kier alpha value is -0.160. The molecule has 2 aliphatic heterocycles. The highest BCUT2D eigenvalue weighted by molar-refractivity contribution is 4.84. The lowest BCUT2D eigenvalue weighted by Gasteiger charge is -2.43. The molecule has 0 unspecified atom stereocenters. The predicted molar refractivity (Wildman–Crippen MR) is 119 cm³/mol. The molecule has 2 aliphatic rings. The van der Waals surface area contributed by atoms with Gasteiger partial charge in [0.25, 0.3) is 0 Å². The van der Waals surface area contributed by atoms with Gasteiger partial charge in [-0.25, -0.2) is 0 Å². The third kappa shape index (κ3) is 10.6. The highest BCUT2D eigenvalue weighted by atomic mass is 16.7. The van der Waals surface area contributed by atoms with E-state index in [1.165, 1.54) is 89.9 Å². The fourth-order valence-electron chi connectivity index (χ4n) is 4.29. The van der Waals surface area contributed by atoms with Crippen molar-refractivity contribution in [1.29, 1.82) is 0 Å². The molecule has 4 heteroatoms. The van der Waals surface area contributed by atoms with Crippen LogP contribution in [0.4, 0.5) is 0 Å². The van der Waals surface area contributed by atoms with Crippen LogP contribution < -0.4 is 0 Å². The van der Waals surface area contributed by atoms with Gasteiger partial charge in [0.2, 0.25) is 0 Å². The largest absolute Gasteiger partial charge is 0.352 e. The number of ether oxygens (including phenoxy) is 4. The summed E-state index contributed by atoms with van der Waals surface area (Å²) in [5.41, 5.74) is -0.0900. The third-order valence-electron chi connectivity index (χ3n) is 6.39. The maximum absolute atomic E-state index is 6.01. The Morgan fingerprint density at radius 1 is 0.483 bits per heavy atom. The fraction of sp³-hybridized carbons (Fsp3) is 1.00. The molecule has 2 heterocycles. The van der Waals surface area contributed by atoms with Crippen LogP contribution in [-0.4, -0.2) is 39.0 Å². The molecule has 0 aromatic carbocycles. The quantitative estimate of drug-likeness (QED) is 0.256. The van der Waals surface area contributed by atoms with Gasteiger partial charge in [0.15, 0.2) is 12.6 Å². The van der Waals surface area contributed by atoms with Crippen molar-refractivity contribution in [3.63, 3.8) is 0 Å². The first kappa shape index (κ1) is 25.1. The summed E-state index contributed by atoms with van der Waals surface area (Å²) < 4.78 is 24.1. The van der Waals surface area contributed by atoms with Crippen LogP contribution >= 0.6 is 0 Å². The molecule has 1 spiro atoms. The minimum Gasteiger partial charge on any atom is -0.352 e. The van der Waals surface area contributed by atoms with Crippen LogP contribution in [0, 0.1) is 5.41 Å². The van der Waals surface area contributed by atoms with Gasteiger partial charge in [-0.15, -0.1) is 0 Å². The zero-order valence-electron chi connectivity index (χ0n) is 19.4. The van der Waals surface area contributed by atoms with Crippen molar-refractivity contribution < 1.29 is 18.9 Å². The SMILES string of the molecule is CCCCCCCCCC1OCC2(CO1)COC(CCCCCCCCC)OC2. The Morgan fingerprint density at radius 3 is 1.14 bits per heavy atom. The molecule has 0 bridgehead atoms. The number of hydrogen-bond donors (Lipinski definition) is 0. The lowest BCUT2D eigenvalue weighted by Crippen LogP contribution is -2.52. The Morgan fingerprint density at radius 2 is 0.793 bits per heavy atom. The monoisotopic (exact) mass is 412 g/mol. The van der Waals surface area contributed by atoms with Crippen LogP contribution in [0.5, 0.6) is 0 Å². The highest BCUT2D eigenvalue weighted by Gasteiger charge is 2.41. The van der Waals surface area contributed by atoms with Crippen LogP contribution in [0.2, 0.25) is 0 Å².